The standard InChI is InChI=1S/C18H18ClNO6S/c1-4-6-20-17(22)14(27-18(20)23)9-11-7-12(19)16(13(8-11)25-5-2)26-10-15(21)24-3/h4,7-9H,1,5-6,10H2,2-3H3/b14-9+. The lowest BCUT2D eigenvalue weighted by atomic mass is 10.1. The molecule has 1 aromatic rings. The Bertz CT molecular complexity index is 807. The van der Waals surface area contributed by atoms with Gasteiger partial charge in [0.2, 0.25) is 0 Å². The zero-order valence-electron chi connectivity index (χ0n) is 14.8. The molecule has 0 aliphatic carbocycles. The number of amides is 2. The molecule has 1 aromatic carbocycles. The molecule has 1 fully saturated rings. The van der Waals surface area contributed by atoms with E-state index in [9.17, 15) is 14.4 Å². The molecule has 0 radical (unpaired) electrons. The fourth-order valence-electron chi connectivity index (χ4n) is 2.20. The van der Waals surface area contributed by atoms with Crippen molar-refractivity contribution in [1.82, 2.24) is 4.90 Å². The Hall–Kier alpha value is -2.45. The van der Waals surface area contributed by atoms with Crippen LogP contribution in [0.4, 0.5) is 4.79 Å². The van der Waals surface area contributed by atoms with Gasteiger partial charge in [-0.15, -0.1) is 6.58 Å². The molecule has 9 heteroatoms. The van der Waals surface area contributed by atoms with E-state index in [0.29, 0.717) is 17.9 Å². The Labute approximate surface area is 165 Å². The third-order valence-corrected chi connectivity index (χ3v) is 4.56. The van der Waals surface area contributed by atoms with E-state index in [-0.39, 0.29) is 34.1 Å². The number of imide groups is 1. The van der Waals surface area contributed by atoms with Crippen LogP contribution in [0, 0.1) is 0 Å². The van der Waals surface area contributed by atoms with E-state index < -0.39 is 11.9 Å². The molecule has 0 saturated carbocycles. The van der Waals surface area contributed by atoms with Gasteiger partial charge in [0.1, 0.15) is 0 Å². The van der Waals surface area contributed by atoms with Crippen LogP contribution in [0.15, 0.2) is 29.7 Å². The number of hydrogen-bond donors (Lipinski definition) is 0. The fraction of sp³-hybridized carbons (Fsp3) is 0.278. The van der Waals surface area contributed by atoms with E-state index in [1.165, 1.54) is 13.2 Å². The molecule has 1 aliphatic heterocycles. The first kappa shape index (κ1) is 20.9. The van der Waals surface area contributed by atoms with E-state index >= 15 is 0 Å². The Kier molecular flexibility index (Phi) is 7.32. The largest absolute Gasteiger partial charge is 0.490 e. The fourth-order valence-corrected chi connectivity index (χ4v) is 3.32. The average Bonchev–Trinajstić information content (AvgIpc) is 2.89. The van der Waals surface area contributed by atoms with Gasteiger partial charge in [-0.25, -0.2) is 4.79 Å². The van der Waals surface area contributed by atoms with Gasteiger partial charge in [0.25, 0.3) is 11.1 Å². The number of halogens is 1. The van der Waals surface area contributed by atoms with Crippen molar-refractivity contribution in [2.45, 2.75) is 6.92 Å². The van der Waals surface area contributed by atoms with Crippen LogP contribution in [-0.2, 0) is 14.3 Å². The van der Waals surface area contributed by atoms with E-state index in [1.54, 1.807) is 25.1 Å². The van der Waals surface area contributed by atoms with Crippen molar-refractivity contribution in [2.75, 3.05) is 26.9 Å². The second-order valence-electron chi connectivity index (χ2n) is 5.21. The lowest BCUT2D eigenvalue weighted by Crippen LogP contribution is -2.27. The molecule has 0 unspecified atom stereocenters. The van der Waals surface area contributed by atoms with Crippen molar-refractivity contribution < 1.29 is 28.6 Å². The molecule has 7 nitrogen and oxygen atoms in total. The summed E-state index contributed by atoms with van der Waals surface area (Å²) >= 11 is 7.09. The molecule has 2 rings (SSSR count). The Morgan fingerprint density at radius 1 is 1.33 bits per heavy atom. The lowest BCUT2D eigenvalue weighted by Gasteiger charge is -2.14. The van der Waals surface area contributed by atoms with Gasteiger partial charge in [-0.3, -0.25) is 14.5 Å². The number of carbonyl (C=O) groups is 3. The highest BCUT2D eigenvalue weighted by atomic mass is 35.5. The summed E-state index contributed by atoms with van der Waals surface area (Å²) < 4.78 is 15.4. The molecule has 27 heavy (non-hydrogen) atoms. The average molecular weight is 412 g/mol. The van der Waals surface area contributed by atoms with Crippen molar-refractivity contribution >= 4 is 46.6 Å². The second-order valence-corrected chi connectivity index (χ2v) is 6.61. The van der Waals surface area contributed by atoms with E-state index in [1.807, 2.05) is 0 Å². The summed E-state index contributed by atoms with van der Waals surface area (Å²) in [7, 11) is 1.25. The van der Waals surface area contributed by atoms with Crippen LogP contribution < -0.4 is 9.47 Å². The number of thioether (sulfide) groups is 1. The van der Waals surface area contributed by atoms with Gasteiger partial charge < -0.3 is 14.2 Å². The quantitative estimate of drug-likeness (QED) is 0.367. The zero-order chi connectivity index (χ0) is 20.0. The molecule has 0 spiro atoms. The van der Waals surface area contributed by atoms with E-state index in [4.69, 9.17) is 21.1 Å². The van der Waals surface area contributed by atoms with E-state index in [2.05, 4.69) is 11.3 Å². The normalized spacial score (nSPS) is 15.2. The highest BCUT2D eigenvalue weighted by Gasteiger charge is 2.34. The molecule has 0 aromatic heterocycles. The van der Waals surface area contributed by atoms with Crippen LogP contribution in [0.3, 0.4) is 0 Å². The third-order valence-electron chi connectivity index (χ3n) is 3.38. The zero-order valence-corrected chi connectivity index (χ0v) is 16.4. The van der Waals surface area contributed by atoms with Crippen LogP contribution in [0.25, 0.3) is 6.08 Å². The molecule has 1 aliphatic rings. The Morgan fingerprint density at radius 3 is 2.70 bits per heavy atom. The van der Waals surface area contributed by atoms with E-state index in [0.717, 1.165) is 16.7 Å². The number of esters is 1. The summed E-state index contributed by atoms with van der Waals surface area (Å²) in [4.78, 5) is 36.9. The molecule has 0 bridgehead atoms. The van der Waals surface area contributed by atoms with Gasteiger partial charge in [-0.2, -0.15) is 0 Å². The minimum absolute atomic E-state index is 0.146. The molecular formula is C18H18ClNO6S. The monoisotopic (exact) mass is 411 g/mol. The maximum Gasteiger partial charge on any atom is 0.343 e. The van der Waals surface area contributed by atoms with Crippen LogP contribution >= 0.6 is 23.4 Å². The highest BCUT2D eigenvalue weighted by Crippen LogP contribution is 2.39. The number of benzene rings is 1. The molecule has 0 N–H and O–H groups in total. The summed E-state index contributed by atoms with van der Waals surface area (Å²) in [5, 5.41) is -0.165. The van der Waals surface area contributed by atoms with Crippen molar-refractivity contribution in [3.63, 3.8) is 0 Å². The third kappa shape index (κ3) is 5.05. The summed E-state index contributed by atoms with van der Waals surface area (Å²) in [5.74, 6) is -0.454. The van der Waals surface area contributed by atoms with Crippen molar-refractivity contribution in [1.29, 1.82) is 0 Å². The highest BCUT2D eigenvalue weighted by molar-refractivity contribution is 8.18. The van der Waals surface area contributed by atoms with Crippen molar-refractivity contribution in [3.05, 3.63) is 40.3 Å². The van der Waals surface area contributed by atoms with Gasteiger partial charge in [0.15, 0.2) is 18.1 Å². The lowest BCUT2D eigenvalue weighted by molar-refractivity contribution is -0.142. The SMILES string of the molecule is C=CCN1C(=O)S/C(=C/c2cc(Cl)c(OCC(=O)OC)c(OCC)c2)C1=O. The molecular weight excluding hydrogens is 394 g/mol. The molecule has 144 valence electrons. The number of methoxy groups -OCH3 is 1. The maximum absolute atomic E-state index is 12.3. The molecule has 0 atom stereocenters. The molecule has 1 saturated heterocycles. The first-order valence-electron chi connectivity index (χ1n) is 7.93. The van der Waals surface area contributed by atoms with Crippen LogP contribution in [-0.4, -0.2) is 48.9 Å². The summed E-state index contributed by atoms with van der Waals surface area (Å²) in [6, 6.07) is 3.17. The van der Waals surface area contributed by atoms with Crippen LogP contribution in [0.5, 0.6) is 11.5 Å². The number of hydrogen-bond acceptors (Lipinski definition) is 7. The molecule has 1 heterocycles. The van der Waals surface area contributed by atoms with Gasteiger partial charge in [0.05, 0.1) is 23.6 Å². The number of ether oxygens (including phenoxy) is 3. The van der Waals surface area contributed by atoms with Crippen LogP contribution in [0.2, 0.25) is 5.02 Å². The minimum atomic E-state index is -0.562. The van der Waals surface area contributed by atoms with Crippen molar-refractivity contribution in [3.8, 4) is 11.5 Å². The smallest absolute Gasteiger partial charge is 0.343 e. The van der Waals surface area contributed by atoms with Gasteiger partial charge in [-0.1, -0.05) is 17.7 Å². The minimum Gasteiger partial charge on any atom is -0.490 e. The topological polar surface area (TPSA) is 82.1 Å². The second kappa shape index (κ2) is 9.48. The van der Waals surface area contributed by atoms with Crippen molar-refractivity contribution in [2.24, 2.45) is 0 Å². The Balaban J connectivity index is 2.33. The number of rotatable bonds is 8. The predicted molar refractivity (Wildman–Crippen MR) is 103 cm³/mol. The first-order chi connectivity index (χ1) is 12.9. The molecule has 2 amide bonds. The summed E-state index contributed by atoms with van der Waals surface area (Å²) in [5.41, 5.74) is 0.554. The van der Waals surface area contributed by atoms with Gasteiger partial charge >= 0.3 is 5.97 Å². The number of carbonyl (C=O) groups excluding carboxylic acids is 3. The number of nitrogens with zero attached hydrogens (tertiary/aromatic N) is 1. The van der Waals surface area contributed by atoms with Gasteiger partial charge in [-0.05, 0) is 42.5 Å². The predicted octanol–water partition coefficient (Wildman–Crippen LogP) is 3.51. The summed E-state index contributed by atoms with van der Waals surface area (Å²) in [6.45, 7) is 5.48. The first-order valence-corrected chi connectivity index (χ1v) is 9.12. The summed E-state index contributed by atoms with van der Waals surface area (Å²) in [6.07, 6.45) is 3.03. The van der Waals surface area contributed by atoms with Crippen LogP contribution in [0.1, 0.15) is 12.5 Å². The Morgan fingerprint density at radius 2 is 2.07 bits per heavy atom. The van der Waals surface area contributed by atoms with Gasteiger partial charge in [0, 0.05) is 6.54 Å². The maximum atomic E-state index is 12.3.